The van der Waals surface area contributed by atoms with E-state index in [1.54, 1.807) is 6.20 Å². The Morgan fingerprint density at radius 1 is 1.47 bits per heavy atom. The van der Waals surface area contributed by atoms with Gasteiger partial charge in [-0.1, -0.05) is 0 Å². The number of aromatic nitrogens is 3. The Hall–Kier alpha value is -1.88. The Morgan fingerprint density at radius 2 is 2.41 bits per heavy atom. The van der Waals surface area contributed by atoms with Crippen molar-refractivity contribution in [3.63, 3.8) is 0 Å². The summed E-state index contributed by atoms with van der Waals surface area (Å²) in [6.45, 7) is 1.57. The number of pyridine rings is 1. The Balaban J connectivity index is 2.00. The first-order valence-corrected chi connectivity index (χ1v) is 5.66. The number of nitrogen functional groups attached to an aromatic ring is 1. The maximum atomic E-state index is 5.70. The first kappa shape index (κ1) is 10.3. The molecule has 0 bridgehead atoms. The number of hydrogen-bond donors (Lipinski definition) is 1. The van der Waals surface area contributed by atoms with Gasteiger partial charge in [0.15, 0.2) is 0 Å². The molecular formula is C12H14N4O. The average Bonchev–Trinajstić information content (AvgIpc) is 3.00. The maximum Gasteiger partial charge on any atom is 0.123 e. The fraction of sp³-hybridized carbons (Fsp3) is 0.333. The molecule has 17 heavy (non-hydrogen) atoms. The van der Waals surface area contributed by atoms with E-state index in [0.717, 1.165) is 30.9 Å². The van der Waals surface area contributed by atoms with Crippen LogP contribution < -0.4 is 5.73 Å². The van der Waals surface area contributed by atoms with Crippen LogP contribution in [0.4, 0.5) is 5.82 Å². The number of hydrogen-bond acceptors (Lipinski definition) is 4. The summed E-state index contributed by atoms with van der Waals surface area (Å²) in [7, 11) is 0. The van der Waals surface area contributed by atoms with Gasteiger partial charge in [-0.05, 0) is 18.6 Å². The van der Waals surface area contributed by atoms with Gasteiger partial charge in [-0.15, -0.1) is 0 Å². The highest BCUT2D eigenvalue weighted by atomic mass is 16.5. The Morgan fingerprint density at radius 3 is 3.18 bits per heavy atom. The number of rotatable bonds is 2. The SMILES string of the molecule is Nc1cc(-c2cncn2C2CCOC2)ccn1. The molecule has 1 saturated heterocycles. The van der Waals surface area contributed by atoms with Crippen molar-refractivity contribution in [1.82, 2.24) is 14.5 Å². The van der Waals surface area contributed by atoms with Crippen molar-refractivity contribution in [3.8, 4) is 11.3 Å². The summed E-state index contributed by atoms with van der Waals surface area (Å²) in [4.78, 5) is 8.22. The first-order valence-electron chi connectivity index (χ1n) is 5.66. The first-order chi connectivity index (χ1) is 8.34. The molecule has 0 aromatic carbocycles. The van der Waals surface area contributed by atoms with Crippen LogP contribution in [-0.4, -0.2) is 27.7 Å². The fourth-order valence-electron chi connectivity index (χ4n) is 2.17. The lowest BCUT2D eigenvalue weighted by Gasteiger charge is -2.13. The molecular weight excluding hydrogens is 216 g/mol. The second-order valence-electron chi connectivity index (χ2n) is 4.17. The average molecular weight is 230 g/mol. The molecule has 2 aromatic rings. The molecule has 5 nitrogen and oxygen atoms in total. The lowest BCUT2D eigenvalue weighted by atomic mass is 10.1. The lowest BCUT2D eigenvalue weighted by molar-refractivity contribution is 0.187. The highest BCUT2D eigenvalue weighted by Gasteiger charge is 2.20. The van der Waals surface area contributed by atoms with E-state index in [4.69, 9.17) is 10.5 Å². The summed E-state index contributed by atoms with van der Waals surface area (Å²) in [5.41, 5.74) is 7.81. The minimum atomic E-state index is 0.377. The molecule has 2 N–H and O–H groups in total. The van der Waals surface area contributed by atoms with Gasteiger partial charge in [0.1, 0.15) is 5.82 Å². The van der Waals surface area contributed by atoms with Gasteiger partial charge in [-0.2, -0.15) is 0 Å². The van der Waals surface area contributed by atoms with E-state index in [0.29, 0.717) is 11.9 Å². The molecule has 3 rings (SSSR count). The number of nitrogens with two attached hydrogens (primary N) is 1. The summed E-state index contributed by atoms with van der Waals surface area (Å²) in [6, 6.07) is 4.19. The minimum absolute atomic E-state index is 0.377. The molecule has 5 heteroatoms. The predicted molar refractivity (Wildman–Crippen MR) is 64.3 cm³/mol. The highest BCUT2D eigenvalue weighted by molar-refractivity contribution is 5.61. The normalized spacial score (nSPS) is 19.6. The van der Waals surface area contributed by atoms with Crippen molar-refractivity contribution in [2.45, 2.75) is 12.5 Å². The van der Waals surface area contributed by atoms with E-state index in [2.05, 4.69) is 14.5 Å². The summed E-state index contributed by atoms with van der Waals surface area (Å²) in [6.07, 6.45) is 6.45. The van der Waals surface area contributed by atoms with Gasteiger partial charge in [-0.3, -0.25) is 0 Å². The minimum Gasteiger partial charge on any atom is -0.384 e. The predicted octanol–water partition coefficient (Wildman–Crippen LogP) is 1.49. The number of imidazole rings is 1. The van der Waals surface area contributed by atoms with E-state index in [1.165, 1.54) is 0 Å². The third kappa shape index (κ3) is 1.89. The number of nitrogens with zero attached hydrogens (tertiary/aromatic N) is 3. The maximum absolute atomic E-state index is 5.70. The van der Waals surface area contributed by atoms with Gasteiger partial charge >= 0.3 is 0 Å². The van der Waals surface area contributed by atoms with Crippen LogP contribution in [0.25, 0.3) is 11.3 Å². The van der Waals surface area contributed by atoms with E-state index in [1.807, 2.05) is 24.7 Å². The van der Waals surface area contributed by atoms with Crippen molar-refractivity contribution >= 4 is 5.82 Å². The van der Waals surface area contributed by atoms with Crippen LogP contribution in [-0.2, 0) is 4.74 Å². The Labute approximate surface area is 99.3 Å². The second-order valence-corrected chi connectivity index (χ2v) is 4.17. The molecule has 1 aliphatic heterocycles. The van der Waals surface area contributed by atoms with Gasteiger partial charge in [0.2, 0.25) is 0 Å². The molecule has 1 fully saturated rings. The third-order valence-electron chi connectivity index (χ3n) is 3.04. The lowest BCUT2D eigenvalue weighted by Crippen LogP contribution is -2.08. The van der Waals surface area contributed by atoms with Crippen molar-refractivity contribution < 1.29 is 4.74 Å². The van der Waals surface area contributed by atoms with Crippen molar-refractivity contribution in [2.24, 2.45) is 0 Å². The van der Waals surface area contributed by atoms with Gasteiger partial charge in [0.05, 0.1) is 30.9 Å². The molecule has 88 valence electrons. The molecule has 0 amide bonds. The molecule has 1 atom stereocenters. The van der Waals surface area contributed by atoms with E-state index in [9.17, 15) is 0 Å². The zero-order chi connectivity index (χ0) is 11.7. The van der Waals surface area contributed by atoms with Crippen LogP contribution in [0.1, 0.15) is 12.5 Å². The summed E-state index contributed by atoms with van der Waals surface area (Å²) >= 11 is 0. The van der Waals surface area contributed by atoms with Crippen molar-refractivity contribution in [3.05, 3.63) is 30.9 Å². The number of ether oxygens (including phenoxy) is 1. The topological polar surface area (TPSA) is 66.0 Å². The van der Waals surface area contributed by atoms with E-state index in [-0.39, 0.29) is 0 Å². The van der Waals surface area contributed by atoms with Gasteiger partial charge < -0.3 is 15.0 Å². The highest BCUT2D eigenvalue weighted by Crippen LogP contribution is 2.27. The Kier molecular flexibility index (Phi) is 2.53. The van der Waals surface area contributed by atoms with Gasteiger partial charge in [0.25, 0.3) is 0 Å². The Bertz CT molecular complexity index is 517. The molecule has 1 unspecified atom stereocenters. The van der Waals surface area contributed by atoms with Gasteiger partial charge in [-0.25, -0.2) is 9.97 Å². The van der Waals surface area contributed by atoms with Crippen LogP contribution >= 0.6 is 0 Å². The van der Waals surface area contributed by atoms with Crippen LogP contribution in [0, 0.1) is 0 Å². The van der Waals surface area contributed by atoms with E-state index >= 15 is 0 Å². The van der Waals surface area contributed by atoms with E-state index < -0.39 is 0 Å². The molecule has 1 aliphatic rings. The standard InChI is InChI=1S/C12H14N4O/c13-12-5-9(1-3-15-12)11-6-14-8-16(11)10-2-4-17-7-10/h1,3,5-6,8,10H,2,4,7H2,(H2,13,15). The molecule has 0 aliphatic carbocycles. The third-order valence-corrected chi connectivity index (χ3v) is 3.04. The van der Waals surface area contributed by atoms with Crippen molar-refractivity contribution in [2.75, 3.05) is 18.9 Å². The van der Waals surface area contributed by atoms with Crippen LogP contribution in [0.3, 0.4) is 0 Å². The van der Waals surface area contributed by atoms with Crippen LogP contribution in [0.5, 0.6) is 0 Å². The van der Waals surface area contributed by atoms with Crippen LogP contribution in [0.15, 0.2) is 30.9 Å². The monoisotopic (exact) mass is 230 g/mol. The molecule has 0 radical (unpaired) electrons. The summed E-state index contributed by atoms with van der Waals surface area (Å²) in [5.74, 6) is 0.526. The largest absolute Gasteiger partial charge is 0.384 e. The van der Waals surface area contributed by atoms with Crippen molar-refractivity contribution in [1.29, 1.82) is 0 Å². The van der Waals surface area contributed by atoms with Gasteiger partial charge in [0, 0.05) is 18.4 Å². The fourth-order valence-corrected chi connectivity index (χ4v) is 2.17. The second kappa shape index (κ2) is 4.18. The molecule has 3 heterocycles. The smallest absolute Gasteiger partial charge is 0.123 e. The summed E-state index contributed by atoms with van der Waals surface area (Å²) < 4.78 is 7.56. The molecule has 2 aromatic heterocycles. The zero-order valence-corrected chi connectivity index (χ0v) is 9.41. The summed E-state index contributed by atoms with van der Waals surface area (Å²) in [5, 5.41) is 0. The van der Waals surface area contributed by atoms with Crippen LogP contribution in [0.2, 0.25) is 0 Å². The zero-order valence-electron chi connectivity index (χ0n) is 9.41. The quantitative estimate of drug-likeness (QED) is 0.848. The number of anilines is 1. The molecule has 0 spiro atoms. The molecule has 0 saturated carbocycles.